The Morgan fingerprint density at radius 3 is 2.21 bits per heavy atom. The van der Waals surface area contributed by atoms with Crippen LogP contribution in [0, 0.1) is 6.92 Å². The van der Waals surface area contributed by atoms with E-state index >= 15 is 0 Å². The molecule has 0 fully saturated rings. The molecular formula is C26H24N4O3S. The molecule has 0 bridgehead atoms. The van der Waals surface area contributed by atoms with Crippen molar-refractivity contribution >= 4 is 45.9 Å². The van der Waals surface area contributed by atoms with Gasteiger partial charge in [0.25, 0.3) is 5.56 Å². The molecule has 8 heteroatoms. The fourth-order valence-corrected chi connectivity index (χ4v) is 4.43. The van der Waals surface area contributed by atoms with Gasteiger partial charge in [-0.3, -0.25) is 19.0 Å². The van der Waals surface area contributed by atoms with Crippen LogP contribution >= 0.6 is 11.8 Å². The van der Waals surface area contributed by atoms with Gasteiger partial charge in [0.05, 0.1) is 21.8 Å². The van der Waals surface area contributed by atoms with Gasteiger partial charge in [0.1, 0.15) is 0 Å². The van der Waals surface area contributed by atoms with Crippen LogP contribution in [0.3, 0.4) is 0 Å². The number of aryl methyl sites for hydroxylation is 1. The number of thioether (sulfide) groups is 1. The maximum atomic E-state index is 13.4. The third kappa shape index (κ3) is 5.02. The Bertz CT molecular complexity index is 1430. The van der Waals surface area contributed by atoms with Crippen LogP contribution in [0.1, 0.15) is 19.4 Å². The second-order valence-corrected chi connectivity index (χ2v) is 9.15. The van der Waals surface area contributed by atoms with Crippen molar-refractivity contribution in [2.24, 2.45) is 0 Å². The summed E-state index contributed by atoms with van der Waals surface area (Å²) in [7, 11) is 0. The number of rotatable bonds is 6. The monoisotopic (exact) mass is 472 g/mol. The van der Waals surface area contributed by atoms with Crippen LogP contribution in [0.25, 0.3) is 16.6 Å². The van der Waals surface area contributed by atoms with E-state index in [1.807, 2.05) is 43.3 Å². The second-order valence-electron chi connectivity index (χ2n) is 7.85. The molecule has 1 unspecified atom stereocenters. The van der Waals surface area contributed by atoms with E-state index in [2.05, 4.69) is 10.6 Å². The maximum Gasteiger partial charge on any atom is 0.266 e. The summed E-state index contributed by atoms with van der Waals surface area (Å²) < 4.78 is 1.58. The van der Waals surface area contributed by atoms with Crippen molar-refractivity contribution in [2.75, 3.05) is 10.6 Å². The number of hydrogen-bond acceptors (Lipinski definition) is 5. The van der Waals surface area contributed by atoms with Crippen molar-refractivity contribution in [3.8, 4) is 5.69 Å². The second kappa shape index (κ2) is 9.93. The van der Waals surface area contributed by atoms with E-state index < -0.39 is 5.25 Å². The molecule has 172 valence electrons. The van der Waals surface area contributed by atoms with E-state index in [0.717, 1.165) is 11.3 Å². The van der Waals surface area contributed by atoms with E-state index in [1.54, 1.807) is 47.9 Å². The standard InChI is InChI=1S/C26H24N4O3S/c1-16-8-4-7-11-23(16)30-25(33)21-9-5-6-10-22(21)29-26(30)34-17(2)24(32)28-20-14-12-19(13-15-20)27-18(3)31/h4-15,17H,1-3H3,(H,27,31)(H,28,32). The topological polar surface area (TPSA) is 93.1 Å². The van der Waals surface area contributed by atoms with Gasteiger partial charge in [0.15, 0.2) is 5.16 Å². The Hall–Kier alpha value is -3.91. The highest BCUT2D eigenvalue weighted by molar-refractivity contribution is 8.00. The molecule has 0 radical (unpaired) electrons. The Morgan fingerprint density at radius 1 is 0.912 bits per heavy atom. The summed E-state index contributed by atoms with van der Waals surface area (Å²) in [6, 6.07) is 21.7. The van der Waals surface area contributed by atoms with Gasteiger partial charge in [-0.25, -0.2) is 4.98 Å². The Kier molecular flexibility index (Phi) is 6.79. The van der Waals surface area contributed by atoms with E-state index in [1.165, 1.54) is 18.7 Å². The summed E-state index contributed by atoms with van der Waals surface area (Å²) in [6.07, 6.45) is 0. The average Bonchev–Trinajstić information content (AvgIpc) is 2.81. The lowest BCUT2D eigenvalue weighted by Crippen LogP contribution is -2.26. The number of carbonyl (C=O) groups is 2. The van der Waals surface area contributed by atoms with Crippen LogP contribution in [-0.2, 0) is 9.59 Å². The normalized spacial score (nSPS) is 11.7. The molecular weight excluding hydrogens is 448 g/mol. The summed E-state index contributed by atoms with van der Waals surface area (Å²) >= 11 is 1.22. The summed E-state index contributed by atoms with van der Waals surface area (Å²) in [6.45, 7) is 5.15. The van der Waals surface area contributed by atoms with Crippen molar-refractivity contribution < 1.29 is 9.59 Å². The van der Waals surface area contributed by atoms with Crippen LogP contribution < -0.4 is 16.2 Å². The minimum atomic E-state index is -0.529. The number of aromatic nitrogens is 2. The van der Waals surface area contributed by atoms with Gasteiger partial charge in [-0.1, -0.05) is 42.1 Å². The minimum absolute atomic E-state index is 0.163. The first-order chi connectivity index (χ1) is 16.3. The lowest BCUT2D eigenvalue weighted by molar-refractivity contribution is -0.115. The van der Waals surface area contributed by atoms with Crippen molar-refractivity contribution in [1.29, 1.82) is 0 Å². The van der Waals surface area contributed by atoms with E-state index in [-0.39, 0.29) is 17.4 Å². The molecule has 1 atom stereocenters. The number of para-hydroxylation sites is 2. The van der Waals surface area contributed by atoms with Crippen LogP contribution in [0.2, 0.25) is 0 Å². The number of benzene rings is 3. The molecule has 4 aromatic rings. The van der Waals surface area contributed by atoms with E-state index in [0.29, 0.717) is 27.4 Å². The molecule has 0 aliphatic carbocycles. The zero-order valence-corrected chi connectivity index (χ0v) is 19.8. The molecule has 2 amide bonds. The van der Waals surface area contributed by atoms with Crippen molar-refractivity contribution in [1.82, 2.24) is 9.55 Å². The number of nitrogens with zero attached hydrogens (tertiary/aromatic N) is 2. The number of nitrogens with one attached hydrogen (secondary N) is 2. The summed E-state index contributed by atoms with van der Waals surface area (Å²) in [5.41, 5.74) is 3.32. The Morgan fingerprint density at radius 2 is 1.53 bits per heavy atom. The molecule has 1 aromatic heterocycles. The largest absolute Gasteiger partial charge is 0.326 e. The smallest absolute Gasteiger partial charge is 0.266 e. The SMILES string of the molecule is CC(=O)Nc1ccc(NC(=O)C(C)Sc2nc3ccccc3c(=O)n2-c2ccccc2C)cc1. The van der Waals surface area contributed by atoms with Gasteiger partial charge in [0, 0.05) is 18.3 Å². The predicted octanol–water partition coefficient (Wildman–Crippen LogP) is 4.77. The number of amides is 2. The lowest BCUT2D eigenvalue weighted by Gasteiger charge is -2.17. The quantitative estimate of drug-likeness (QED) is 0.311. The zero-order valence-electron chi connectivity index (χ0n) is 19.0. The minimum Gasteiger partial charge on any atom is -0.326 e. The van der Waals surface area contributed by atoms with Gasteiger partial charge in [-0.05, 0) is 61.9 Å². The zero-order chi connectivity index (χ0) is 24.2. The van der Waals surface area contributed by atoms with Gasteiger partial charge in [-0.15, -0.1) is 0 Å². The number of carbonyl (C=O) groups excluding carboxylic acids is 2. The number of fused-ring (bicyclic) bond motifs is 1. The number of hydrogen-bond donors (Lipinski definition) is 2. The molecule has 4 rings (SSSR count). The molecule has 0 aliphatic heterocycles. The van der Waals surface area contributed by atoms with E-state index in [9.17, 15) is 14.4 Å². The van der Waals surface area contributed by atoms with Gasteiger partial charge in [-0.2, -0.15) is 0 Å². The summed E-state index contributed by atoms with van der Waals surface area (Å²) in [4.78, 5) is 42.3. The Labute approximate surface area is 201 Å². The van der Waals surface area contributed by atoms with E-state index in [4.69, 9.17) is 4.98 Å². The summed E-state index contributed by atoms with van der Waals surface area (Å²) in [5, 5.41) is 6.00. The van der Waals surface area contributed by atoms with Crippen LogP contribution in [0.5, 0.6) is 0 Å². The molecule has 2 N–H and O–H groups in total. The molecule has 0 saturated carbocycles. The van der Waals surface area contributed by atoms with Crippen molar-refractivity contribution in [2.45, 2.75) is 31.2 Å². The van der Waals surface area contributed by atoms with Gasteiger partial charge in [0.2, 0.25) is 11.8 Å². The highest BCUT2D eigenvalue weighted by atomic mass is 32.2. The molecule has 0 aliphatic rings. The molecule has 0 saturated heterocycles. The third-order valence-electron chi connectivity index (χ3n) is 5.23. The number of anilines is 2. The average molecular weight is 473 g/mol. The first-order valence-corrected chi connectivity index (χ1v) is 11.6. The van der Waals surface area contributed by atoms with Crippen molar-refractivity contribution in [3.05, 3.63) is 88.7 Å². The Balaban J connectivity index is 1.64. The van der Waals surface area contributed by atoms with Gasteiger partial charge < -0.3 is 10.6 Å². The maximum absolute atomic E-state index is 13.4. The fraction of sp³-hybridized carbons (Fsp3) is 0.154. The van der Waals surface area contributed by atoms with Crippen LogP contribution in [0.4, 0.5) is 11.4 Å². The highest BCUT2D eigenvalue weighted by Gasteiger charge is 2.21. The molecule has 1 heterocycles. The molecule has 3 aromatic carbocycles. The lowest BCUT2D eigenvalue weighted by atomic mass is 10.2. The molecule has 34 heavy (non-hydrogen) atoms. The predicted molar refractivity (Wildman–Crippen MR) is 137 cm³/mol. The molecule has 0 spiro atoms. The fourth-order valence-electron chi connectivity index (χ4n) is 3.51. The van der Waals surface area contributed by atoms with Crippen molar-refractivity contribution in [3.63, 3.8) is 0 Å². The van der Waals surface area contributed by atoms with Gasteiger partial charge >= 0.3 is 0 Å². The first-order valence-electron chi connectivity index (χ1n) is 10.8. The third-order valence-corrected chi connectivity index (χ3v) is 6.28. The highest BCUT2D eigenvalue weighted by Crippen LogP contribution is 2.27. The summed E-state index contributed by atoms with van der Waals surface area (Å²) in [5.74, 6) is -0.389. The molecule has 7 nitrogen and oxygen atoms in total. The van der Waals surface area contributed by atoms with Crippen LogP contribution in [0.15, 0.2) is 82.7 Å². The van der Waals surface area contributed by atoms with Crippen LogP contribution in [-0.4, -0.2) is 26.6 Å². The first kappa shape index (κ1) is 23.3.